The van der Waals surface area contributed by atoms with E-state index in [1.54, 1.807) is 32.7 Å². The van der Waals surface area contributed by atoms with Gasteiger partial charge in [0.05, 0.1) is 26.3 Å². The van der Waals surface area contributed by atoms with E-state index in [4.69, 9.17) is 14.5 Å². The van der Waals surface area contributed by atoms with Gasteiger partial charge in [-0.1, -0.05) is 6.07 Å². The first kappa shape index (κ1) is 21.5. The van der Waals surface area contributed by atoms with E-state index in [-0.39, 0.29) is 23.8 Å². The van der Waals surface area contributed by atoms with Gasteiger partial charge in [0.25, 0.3) is 5.56 Å². The molecule has 0 spiro atoms. The van der Waals surface area contributed by atoms with Crippen LogP contribution in [0.4, 0.5) is 0 Å². The predicted octanol–water partition coefficient (Wildman–Crippen LogP) is 2.80. The van der Waals surface area contributed by atoms with E-state index < -0.39 is 0 Å². The number of aromatic nitrogens is 3. The number of hydrogen-bond acceptors (Lipinski definition) is 6. The number of amides is 1. The summed E-state index contributed by atoms with van der Waals surface area (Å²) in [6.45, 7) is 1.21. The van der Waals surface area contributed by atoms with Gasteiger partial charge in [0.1, 0.15) is 5.82 Å². The number of ether oxygens (including phenoxy) is 2. The molecule has 1 aliphatic heterocycles. The van der Waals surface area contributed by atoms with Gasteiger partial charge >= 0.3 is 0 Å². The molecule has 32 heavy (non-hydrogen) atoms. The third-order valence-corrected chi connectivity index (χ3v) is 5.70. The maximum atomic E-state index is 13.0. The number of pyridine rings is 1. The molecule has 0 radical (unpaired) electrons. The Morgan fingerprint density at radius 2 is 1.91 bits per heavy atom. The number of likely N-dealkylation sites (tertiary alicyclic amines) is 1. The minimum atomic E-state index is -0.199. The van der Waals surface area contributed by atoms with Crippen LogP contribution in [0.3, 0.4) is 0 Å². The molecule has 8 nitrogen and oxygen atoms in total. The van der Waals surface area contributed by atoms with E-state index >= 15 is 0 Å². The summed E-state index contributed by atoms with van der Waals surface area (Å²) < 4.78 is 10.6. The fraction of sp³-hybridized carbons (Fsp3) is 0.333. The van der Waals surface area contributed by atoms with Crippen LogP contribution in [0.2, 0.25) is 0 Å². The molecule has 1 aromatic carbocycles. The molecule has 1 fully saturated rings. The molecule has 1 unspecified atom stereocenters. The normalized spacial score (nSPS) is 15.9. The summed E-state index contributed by atoms with van der Waals surface area (Å²) in [5.74, 6) is 1.87. The van der Waals surface area contributed by atoms with Crippen LogP contribution in [0.1, 0.15) is 30.1 Å². The van der Waals surface area contributed by atoms with E-state index in [9.17, 15) is 9.59 Å². The van der Waals surface area contributed by atoms with Crippen LogP contribution in [-0.2, 0) is 11.2 Å². The summed E-state index contributed by atoms with van der Waals surface area (Å²) in [5.41, 5.74) is 2.11. The van der Waals surface area contributed by atoms with Crippen LogP contribution in [-0.4, -0.2) is 53.1 Å². The molecule has 1 amide bonds. The highest BCUT2D eigenvalue weighted by Gasteiger charge is 2.27. The summed E-state index contributed by atoms with van der Waals surface area (Å²) in [6, 6.07) is 10.6. The number of piperidine rings is 1. The lowest BCUT2D eigenvalue weighted by atomic mass is 9.96. The predicted molar refractivity (Wildman–Crippen MR) is 120 cm³/mol. The Balaban J connectivity index is 1.50. The first-order chi connectivity index (χ1) is 15.6. The zero-order valence-corrected chi connectivity index (χ0v) is 18.2. The van der Waals surface area contributed by atoms with Crippen LogP contribution < -0.4 is 15.0 Å². The lowest BCUT2D eigenvalue weighted by Crippen LogP contribution is -2.40. The highest BCUT2D eigenvalue weighted by molar-refractivity contribution is 5.79. The minimum absolute atomic E-state index is 0.0207. The van der Waals surface area contributed by atoms with E-state index in [0.717, 1.165) is 24.0 Å². The Hall–Kier alpha value is -3.68. The lowest BCUT2D eigenvalue weighted by Gasteiger charge is -2.32. The van der Waals surface area contributed by atoms with E-state index in [1.165, 1.54) is 6.07 Å². The lowest BCUT2D eigenvalue weighted by molar-refractivity contribution is -0.131. The zero-order valence-electron chi connectivity index (χ0n) is 18.2. The number of carbonyl (C=O) groups is 1. The Morgan fingerprint density at radius 1 is 1.12 bits per heavy atom. The number of carbonyl (C=O) groups excluding carboxylic acids is 1. The van der Waals surface area contributed by atoms with Gasteiger partial charge in [-0.05, 0) is 42.7 Å². The second-order valence-corrected chi connectivity index (χ2v) is 7.80. The number of hydrogen-bond donors (Lipinski definition) is 1. The molecular formula is C24H26N4O4. The monoisotopic (exact) mass is 434 g/mol. The molecule has 3 aromatic rings. The van der Waals surface area contributed by atoms with Gasteiger partial charge in [-0.25, -0.2) is 4.98 Å². The van der Waals surface area contributed by atoms with Crippen molar-refractivity contribution in [2.45, 2.75) is 25.2 Å². The van der Waals surface area contributed by atoms with Crippen LogP contribution >= 0.6 is 0 Å². The van der Waals surface area contributed by atoms with Crippen molar-refractivity contribution in [2.75, 3.05) is 27.3 Å². The highest BCUT2D eigenvalue weighted by atomic mass is 16.5. The van der Waals surface area contributed by atoms with Crippen molar-refractivity contribution in [3.63, 3.8) is 0 Å². The van der Waals surface area contributed by atoms with Crippen LogP contribution in [0.5, 0.6) is 11.5 Å². The standard InChI is InChI=1S/C24H26N4O4/c1-31-20-6-5-16(12-21(20)32-2)13-23(30)28-11-3-4-18(15-28)24-26-19(14-22(29)27-24)17-7-9-25-10-8-17/h5-10,12,14,18H,3-4,11,13,15H2,1-2H3,(H,26,27,29). The average molecular weight is 434 g/mol. The summed E-state index contributed by atoms with van der Waals surface area (Å²) in [5, 5.41) is 0. The molecule has 0 bridgehead atoms. The van der Waals surface area contributed by atoms with E-state index in [2.05, 4.69) is 9.97 Å². The zero-order chi connectivity index (χ0) is 22.5. The third kappa shape index (κ3) is 4.80. The first-order valence-corrected chi connectivity index (χ1v) is 10.6. The fourth-order valence-corrected chi connectivity index (χ4v) is 4.04. The number of methoxy groups -OCH3 is 2. The summed E-state index contributed by atoms with van der Waals surface area (Å²) >= 11 is 0. The second kappa shape index (κ2) is 9.64. The molecule has 1 aliphatic rings. The molecule has 8 heteroatoms. The molecule has 2 aromatic heterocycles. The highest BCUT2D eigenvalue weighted by Crippen LogP contribution is 2.29. The quantitative estimate of drug-likeness (QED) is 0.641. The van der Waals surface area contributed by atoms with Crippen molar-refractivity contribution >= 4 is 5.91 Å². The SMILES string of the molecule is COc1ccc(CC(=O)N2CCCC(c3nc(-c4ccncc4)cc(=O)[nH]3)C2)cc1OC. The third-order valence-electron chi connectivity index (χ3n) is 5.70. The summed E-state index contributed by atoms with van der Waals surface area (Å²) in [6.07, 6.45) is 5.34. The van der Waals surface area contributed by atoms with Gasteiger partial charge in [0.2, 0.25) is 5.91 Å². The molecule has 0 aliphatic carbocycles. The van der Waals surface area contributed by atoms with Gasteiger partial charge in [-0.15, -0.1) is 0 Å². The Bertz CT molecular complexity index is 1150. The van der Waals surface area contributed by atoms with Gasteiger partial charge in [0, 0.05) is 43.0 Å². The second-order valence-electron chi connectivity index (χ2n) is 7.80. The number of nitrogens with zero attached hydrogens (tertiary/aromatic N) is 3. The Labute approximate surface area is 186 Å². The molecular weight excluding hydrogens is 408 g/mol. The minimum Gasteiger partial charge on any atom is -0.493 e. The van der Waals surface area contributed by atoms with Gasteiger partial charge < -0.3 is 19.4 Å². The molecule has 3 heterocycles. The number of benzene rings is 1. The molecule has 1 saturated heterocycles. The van der Waals surface area contributed by atoms with Gasteiger partial charge in [-0.3, -0.25) is 14.6 Å². The van der Waals surface area contributed by atoms with Crippen molar-refractivity contribution < 1.29 is 14.3 Å². The number of H-pyrrole nitrogens is 1. The van der Waals surface area contributed by atoms with Gasteiger partial charge in [-0.2, -0.15) is 0 Å². The van der Waals surface area contributed by atoms with E-state index in [0.29, 0.717) is 36.1 Å². The number of nitrogens with one attached hydrogen (secondary N) is 1. The van der Waals surface area contributed by atoms with E-state index in [1.807, 2.05) is 29.2 Å². The Kier molecular flexibility index (Phi) is 6.49. The van der Waals surface area contributed by atoms with Crippen molar-refractivity contribution in [1.82, 2.24) is 19.9 Å². The first-order valence-electron chi connectivity index (χ1n) is 10.6. The topological polar surface area (TPSA) is 97.4 Å². The maximum absolute atomic E-state index is 13.0. The maximum Gasteiger partial charge on any atom is 0.251 e. The number of rotatable bonds is 6. The van der Waals surface area contributed by atoms with Gasteiger partial charge in [0.15, 0.2) is 11.5 Å². The summed E-state index contributed by atoms with van der Waals surface area (Å²) in [7, 11) is 3.16. The van der Waals surface area contributed by atoms with Crippen molar-refractivity contribution in [2.24, 2.45) is 0 Å². The Morgan fingerprint density at radius 3 is 2.66 bits per heavy atom. The van der Waals surface area contributed by atoms with Crippen molar-refractivity contribution in [3.8, 4) is 22.8 Å². The summed E-state index contributed by atoms with van der Waals surface area (Å²) in [4.78, 5) is 38.7. The van der Waals surface area contributed by atoms with Crippen LogP contribution in [0.15, 0.2) is 53.6 Å². The molecule has 4 rings (SSSR count). The fourth-order valence-electron chi connectivity index (χ4n) is 4.04. The average Bonchev–Trinajstić information content (AvgIpc) is 2.84. The molecule has 166 valence electrons. The van der Waals surface area contributed by atoms with Crippen molar-refractivity contribution in [1.29, 1.82) is 0 Å². The van der Waals surface area contributed by atoms with Crippen molar-refractivity contribution in [3.05, 3.63) is 70.5 Å². The van der Waals surface area contributed by atoms with Crippen LogP contribution in [0, 0.1) is 0 Å². The smallest absolute Gasteiger partial charge is 0.251 e. The molecule has 1 N–H and O–H groups in total. The molecule has 1 atom stereocenters. The molecule has 0 saturated carbocycles. The largest absolute Gasteiger partial charge is 0.493 e. The number of aromatic amines is 1. The van der Waals surface area contributed by atoms with Crippen LogP contribution in [0.25, 0.3) is 11.3 Å².